The zero-order chi connectivity index (χ0) is 20.3. The molecule has 0 spiro atoms. The fraction of sp³-hybridized carbons (Fsp3) is 0.913. The van der Waals surface area contributed by atoms with E-state index in [0.717, 1.165) is 51.9 Å². The lowest BCUT2D eigenvalue weighted by molar-refractivity contribution is -0.131. The molecule has 1 amide bonds. The van der Waals surface area contributed by atoms with Crippen molar-refractivity contribution in [2.24, 2.45) is 5.92 Å². The monoisotopic (exact) mass is 382 g/mol. The molecule has 27 heavy (non-hydrogen) atoms. The number of amides is 1. The molecule has 4 nitrogen and oxygen atoms in total. The number of hydrogen-bond acceptors (Lipinski definition) is 3. The Hall–Kier alpha value is -0.900. The molecule has 2 rings (SSSR count). The molecule has 0 aromatic heterocycles. The van der Waals surface area contributed by atoms with Crippen LogP contribution in [-0.2, 0) is 9.59 Å². The average molecular weight is 383 g/mol. The summed E-state index contributed by atoms with van der Waals surface area (Å²) in [6, 6.07) is 0. The number of piperazine rings is 1. The number of carbonyl (C=O) groups is 2. The highest BCUT2D eigenvalue weighted by Gasteiger charge is 2.16. The third-order valence-electron chi connectivity index (χ3n) is 5.14. The van der Waals surface area contributed by atoms with Crippen molar-refractivity contribution in [3.8, 4) is 0 Å². The van der Waals surface area contributed by atoms with Crippen molar-refractivity contribution in [2.45, 2.75) is 105 Å². The van der Waals surface area contributed by atoms with Crippen molar-refractivity contribution in [1.82, 2.24) is 10.2 Å². The summed E-state index contributed by atoms with van der Waals surface area (Å²) < 4.78 is 0. The van der Waals surface area contributed by atoms with Crippen LogP contribution in [0.2, 0.25) is 0 Å². The van der Waals surface area contributed by atoms with Gasteiger partial charge in [-0.15, -0.1) is 0 Å². The van der Waals surface area contributed by atoms with Crippen LogP contribution in [0.15, 0.2) is 0 Å². The van der Waals surface area contributed by atoms with E-state index in [2.05, 4.69) is 26.1 Å². The van der Waals surface area contributed by atoms with Gasteiger partial charge in [0.2, 0.25) is 5.91 Å². The molecule has 1 aliphatic heterocycles. The molecule has 0 aromatic rings. The topological polar surface area (TPSA) is 49.4 Å². The minimum Gasteiger partial charge on any atom is -0.340 e. The fourth-order valence-corrected chi connectivity index (χ4v) is 3.46. The van der Waals surface area contributed by atoms with Crippen molar-refractivity contribution >= 4 is 11.7 Å². The van der Waals surface area contributed by atoms with E-state index in [4.69, 9.17) is 0 Å². The van der Waals surface area contributed by atoms with Crippen molar-refractivity contribution in [3.05, 3.63) is 0 Å². The number of carbonyl (C=O) groups excluding carboxylic acids is 2. The Balaban J connectivity index is 0.000000477. The molecular formula is C23H46N2O2. The molecular weight excluding hydrogens is 336 g/mol. The van der Waals surface area contributed by atoms with Crippen LogP contribution in [0.1, 0.15) is 105 Å². The first-order chi connectivity index (χ1) is 13.1. The van der Waals surface area contributed by atoms with E-state index in [-0.39, 0.29) is 0 Å². The smallest absolute Gasteiger partial charge is 0.222 e. The highest BCUT2D eigenvalue weighted by molar-refractivity contribution is 5.78. The highest BCUT2D eigenvalue weighted by atomic mass is 16.2. The maximum atomic E-state index is 11.7. The summed E-state index contributed by atoms with van der Waals surface area (Å²) in [6.45, 7) is 11.9. The highest BCUT2D eigenvalue weighted by Crippen LogP contribution is 2.23. The molecule has 1 N–H and O–H groups in total. The van der Waals surface area contributed by atoms with E-state index in [9.17, 15) is 9.59 Å². The number of nitrogens with one attached hydrogen (secondary N) is 1. The van der Waals surface area contributed by atoms with E-state index in [1.807, 2.05) is 4.90 Å². The van der Waals surface area contributed by atoms with Gasteiger partial charge in [0.1, 0.15) is 5.78 Å². The molecule has 160 valence electrons. The van der Waals surface area contributed by atoms with Crippen LogP contribution in [0, 0.1) is 5.92 Å². The van der Waals surface area contributed by atoms with Crippen LogP contribution in [0.5, 0.6) is 0 Å². The molecule has 1 aliphatic carbocycles. The number of hydrogen-bond donors (Lipinski definition) is 1. The van der Waals surface area contributed by atoms with Gasteiger partial charge in [-0.05, 0) is 26.2 Å². The zero-order valence-electron chi connectivity index (χ0n) is 18.7. The van der Waals surface area contributed by atoms with E-state index < -0.39 is 0 Å². The van der Waals surface area contributed by atoms with Gasteiger partial charge < -0.3 is 10.2 Å². The number of rotatable bonds is 7. The average Bonchev–Trinajstić information content (AvgIpc) is 2.70. The number of ketones is 1. The lowest BCUT2D eigenvalue weighted by atomic mass is 9.87. The summed E-state index contributed by atoms with van der Waals surface area (Å²) in [6.07, 6.45) is 14.3. The van der Waals surface area contributed by atoms with Gasteiger partial charge in [-0.25, -0.2) is 0 Å². The molecule has 2 aliphatic rings. The Labute approximate surface area is 168 Å². The molecule has 0 radical (unpaired) electrons. The van der Waals surface area contributed by atoms with Crippen molar-refractivity contribution in [3.63, 3.8) is 0 Å². The van der Waals surface area contributed by atoms with Crippen molar-refractivity contribution in [2.75, 3.05) is 26.2 Å². The lowest BCUT2D eigenvalue weighted by Crippen LogP contribution is -2.46. The zero-order valence-corrected chi connectivity index (χ0v) is 18.7. The van der Waals surface area contributed by atoms with Crippen molar-refractivity contribution in [1.29, 1.82) is 0 Å². The predicted molar refractivity (Wildman–Crippen MR) is 116 cm³/mol. The summed E-state index contributed by atoms with van der Waals surface area (Å²) in [7, 11) is 0. The Kier molecular flexibility index (Phi) is 17.8. The van der Waals surface area contributed by atoms with Crippen LogP contribution >= 0.6 is 0 Å². The Morgan fingerprint density at radius 1 is 0.889 bits per heavy atom. The van der Waals surface area contributed by atoms with Crippen LogP contribution in [0.25, 0.3) is 0 Å². The molecule has 0 unspecified atom stereocenters. The standard InChI is InChI=1S/C12H24N2O.C8H14O.C3H8/c1-2-3-4-5-6-7-12(15)14-10-8-13-9-11-14;1-7(9)8-5-3-2-4-6-8;1-3-2/h13H,2-11H2,1H3;8H,2-6H2,1H3;3H2,1-2H3. The molecule has 0 atom stereocenters. The molecule has 1 heterocycles. The Morgan fingerprint density at radius 3 is 1.93 bits per heavy atom. The third kappa shape index (κ3) is 14.8. The van der Waals surface area contributed by atoms with Gasteiger partial charge in [-0.3, -0.25) is 9.59 Å². The first-order valence-electron chi connectivity index (χ1n) is 11.6. The van der Waals surface area contributed by atoms with E-state index in [1.54, 1.807) is 6.92 Å². The lowest BCUT2D eigenvalue weighted by Gasteiger charge is -2.27. The van der Waals surface area contributed by atoms with Gasteiger partial charge in [0.05, 0.1) is 0 Å². The summed E-state index contributed by atoms with van der Waals surface area (Å²) in [4.78, 5) is 24.5. The SMILES string of the molecule is CC(=O)C1CCCCC1.CCC.CCCCCCCC(=O)N1CCNCC1. The second kappa shape index (κ2) is 18.5. The summed E-state index contributed by atoms with van der Waals surface area (Å²) in [5.41, 5.74) is 0. The second-order valence-corrected chi connectivity index (χ2v) is 7.95. The Morgan fingerprint density at radius 2 is 1.44 bits per heavy atom. The molecule has 1 saturated carbocycles. The first-order valence-corrected chi connectivity index (χ1v) is 11.6. The quantitative estimate of drug-likeness (QED) is 0.604. The van der Waals surface area contributed by atoms with E-state index in [0.29, 0.717) is 17.6 Å². The molecule has 0 bridgehead atoms. The number of nitrogens with zero attached hydrogens (tertiary/aromatic N) is 1. The van der Waals surface area contributed by atoms with Gasteiger partial charge in [-0.1, -0.05) is 72.1 Å². The molecule has 4 heteroatoms. The van der Waals surface area contributed by atoms with Crippen LogP contribution in [0.4, 0.5) is 0 Å². The summed E-state index contributed by atoms with van der Waals surface area (Å²) in [5.74, 6) is 1.17. The summed E-state index contributed by atoms with van der Waals surface area (Å²) in [5, 5.41) is 3.26. The van der Waals surface area contributed by atoms with Crippen LogP contribution < -0.4 is 5.32 Å². The van der Waals surface area contributed by atoms with Gasteiger partial charge >= 0.3 is 0 Å². The van der Waals surface area contributed by atoms with Gasteiger partial charge in [0.25, 0.3) is 0 Å². The summed E-state index contributed by atoms with van der Waals surface area (Å²) >= 11 is 0. The van der Waals surface area contributed by atoms with Crippen LogP contribution in [0.3, 0.4) is 0 Å². The molecule has 1 saturated heterocycles. The van der Waals surface area contributed by atoms with E-state index in [1.165, 1.54) is 51.4 Å². The minimum absolute atomic E-state index is 0.355. The number of unbranched alkanes of at least 4 members (excludes halogenated alkanes) is 4. The molecule has 0 aromatic carbocycles. The van der Waals surface area contributed by atoms with E-state index >= 15 is 0 Å². The minimum atomic E-state index is 0.355. The van der Waals surface area contributed by atoms with Crippen LogP contribution in [-0.4, -0.2) is 42.8 Å². The van der Waals surface area contributed by atoms with Gasteiger partial charge in [0, 0.05) is 38.5 Å². The molecule has 2 fully saturated rings. The maximum absolute atomic E-state index is 11.7. The Bertz CT molecular complexity index is 359. The maximum Gasteiger partial charge on any atom is 0.222 e. The predicted octanol–water partition coefficient (Wildman–Crippen LogP) is 5.35. The fourth-order valence-electron chi connectivity index (χ4n) is 3.46. The largest absolute Gasteiger partial charge is 0.340 e. The van der Waals surface area contributed by atoms with Gasteiger partial charge in [0.15, 0.2) is 0 Å². The normalized spacial score (nSPS) is 17.3. The third-order valence-corrected chi connectivity index (χ3v) is 5.14. The van der Waals surface area contributed by atoms with Gasteiger partial charge in [-0.2, -0.15) is 0 Å². The number of Topliss-reactive ketones (excluding diaryl/α,β-unsaturated/α-hetero) is 1. The van der Waals surface area contributed by atoms with Crippen molar-refractivity contribution < 1.29 is 9.59 Å². The first kappa shape index (κ1) is 26.1. The second-order valence-electron chi connectivity index (χ2n) is 7.95.